The van der Waals surface area contributed by atoms with Gasteiger partial charge in [0.15, 0.2) is 0 Å². The number of carbonyl (C=O) groups is 2. The molecule has 3 aromatic rings. The molecule has 3 aromatic carbocycles. The number of alkyl carbamates (subject to hydrolysis) is 1. The van der Waals surface area contributed by atoms with Crippen LogP contribution in [0.25, 0.3) is 0 Å². The number of halogens is 4. The summed E-state index contributed by atoms with van der Waals surface area (Å²) in [6.45, 7) is 1.76. The number of morpholine rings is 1. The number of nitrogens with one attached hydrogen (secondary N) is 3. The van der Waals surface area contributed by atoms with E-state index in [1.807, 2.05) is 0 Å². The Hall–Kier alpha value is -3.69. The van der Waals surface area contributed by atoms with E-state index in [2.05, 4.69) is 16.0 Å². The van der Waals surface area contributed by atoms with E-state index in [9.17, 15) is 26.8 Å². The van der Waals surface area contributed by atoms with Gasteiger partial charge in [-0.05, 0) is 73.2 Å². The number of ether oxygens (including phenoxy) is 2. The number of sulfonamides is 1. The van der Waals surface area contributed by atoms with E-state index in [4.69, 9.17) is 21.1 Å². The Labute approximate surface area is 288 Å². The fourth-order valence-corrected chi connectivity index (χ4v) is 7.48. The summed E-state index contributed by atoms with van der Waals surface area (Å²) in [6, 6.07) is 11.8. The minimum absolute atomic E-state index is 0.0501. The number of hydrogen-bond donors (Lipinski definition) is 3. The van der Waals surface area contributed by atoms with Crippen molar-refractivity contribution < 1.29 is 40.7 Å². The highest BCUT2D eigenvalue weighted by Crippen LogP contribution is 2.34. The molecular formula is C34H38ClF3N4O6S. The fraction of sp³-hybridized carbons (Fsp3) is 0.412. The van der Waals surface area contributed by atoms with Crippen molar-refractivity contribution in [2.24, 2.45) is 0 Å². The number of nitrogens with zero attached hydrogens (tertiary/aromatic N) is 1. The van der Waals surface area contributed by atoms with E-state index in [-0.39, 0.29) is 29.3 Å². The lowest BCUT2D eigenvalue weighted by molar-refractivity contribution is -0.137. The maximum Gasteiger partial charge on any atom is 0.407 e. The van der Waals surface area contributed by atoms with Crippen LogP contribution in [0.5, 0.6) is 0 Å². The molecule has 3 N–H and O–H groups in total. The molecular weight excluding hydrogens is 685 g/mol. The molecule has 2 aliphatic heterocycles. The molecule has 0 saturated carbocycles. The number of benzene rings is 3. The van der Waals surface area contributed by atoms with Crippen LogP contribution in [-0.2, 0) is 30.7 Å². The number of carbonyl (C=O) groups excluding carboxylic acids is 2. The molecule has 0 radical (unpaired) electrons. The van der Waals surface area contributed by atoms with E-state index in [0.717, 1.165) is 19.2 Å². The van der Waals surface area contributed by atoms with Gasteiger partial charge in [0, 0.05) is 54.4 Å². The number of methoxy groups -OCH3 is 1. The molecule has 3 atom stereocenters. The summed E-state index contributed by atoms with van der Waals surface area (Å²) in [4.78, 5) is 26.6. The molecule has 264 valence electrons. The Morgan fingerprint density at radius 1 is 1.06 bits per heavy atom. The first-order valence-corrected chi connectivity index (χ1v) is 18.0. The van der Waals surface area contributed by atoms with Crippen molar-refractivity contribution in [3.8, 4) is 0 Å². The summed E-state index contributed by atoms with van der Waals surface area (Å²) in [5.41, 5.74) is 0.248. The van der Waals surface area contributed by atoms with Crippen LogP contribution < -0.4 is 16.0 Å². The summed E-state index contributed by atoms with van der Waals surface area (Å²) in [5, 5.41) is 8.96. The standard InChI is InChI=1S/C34H38ClF3N4O6S/c1-47-33(44)41-31(30(21-6-8-23(35)9-7-21)22-16-24(36)18-25(37)17-22)32(43)40-29-5-3-4-28(38)27(29)11-10-26-19-39-20-34(48-26)12-14-42(15-13-34)49(2,45)46/h3-9,16-18,26,30-31,39H,10-15,19-20H2,1-2H3,(H,40,43)(H,41,44)/t26-,30+,31+/m1/s1. The van der Waals surface area contributed by atoms with E-state index in [1.165, 1.54) is 28.8 Å². The monoisotopic (exact) mass is 722 g/mol. The van der Waals surface area contributed by atoms with Crippen molar-refractivity contribution in [1.82, 2.24) is 14.9 Å². The molecule has 0 aliphatic carbocycles. The van der Waals surface area contributed by atoms with Gasteiger partial charge in [-0.3, -0.25) is 4.79 Å². The van der Waals surface area contributed by atoms with Crippen LogP contribution in [0, 0.1) is 17.5 Å². The summed E-state index contributed by atoms with van der Waals surface area (Å²) in [7, 11) is -2.20. The molecule has 1 spiro atoms. The topological polar surface area (TPSA) is 126 Å². The lowest BCUT2D eigenvalue weighted by Gasteiger charge is -2.46. The van der Waals surface area contributed by atoms with E-state index in [1.54, 1.807) is 24.3 Å². The first-order valence-electron chi connectivity index (χ1n) is 15.7. The molecule has 2 fully saturated rings. The van der Waals surface area contributed by atoms with Crippen LogP contribution in [0.1, 0.15) is 41.9 Å². The molecule has 2 amide bonds. The maximum absolute atomic E-state index is 15.4. The van der Waals surface area contributed by atoms with Crippen LogP contribution in [0.3, 0.4) is 0 Å². The Bertz CT molecular complexity index is 1750. The zero-order chi connectivity index (χ0) is 35.3. The van der Waals surface area contributed by atoms with Crippen LogP contribution in [0.2, 0.25) is 5.02 Å². The van der Waals surface area contributed by atoms with Gasteiger partial charge >= 0.3 is 6.09 Å². The molecule has 2 aliphatic rings. The molecule has 0 unspecified atom stereocenters. The van der Waals surface area contributed by atoms with E-state index >= 15 is 4.39 Å². The zero-order valence-electron chi connectivity index (χ0n) is 27.0. The third-order valence-corrected chi connectivity index (χ3v) is 10.5. The summed E-state index contributed by atoms with van der Waals surface area (Å²) < 4.78 is 81.0. The van der Waals surface area contributed by atoms with Gasteiger partial charge in [-0.15, -0.1) is 0 Å². The smallest absolute Gasteiger partial charge is 0.407 e. The highest BCUT2D eigenvalue weighted by Gasteiger charge is 2.42. The van der Waals surface area contributed by atoms with Crippen molar-refractivity contribution in [1.29, 1.82) is 0 Å². The van der Waals surface area contributed by atoms with Gasteiger partial charge in [0.1, 0.15) is 23.5 Å². The number of anilines is 1. The number of hydrogen-bond acceptors (Lipinski definition) is 7. The summed E-state index contributed by atoms with van der Waals surface area (Å²) in [5.74, 6) is -4.27. The molecule has 2 heterocycles. The van der Waals surface area contributed by atoms with Crippen molar-refractivity contribution >= 4 is 39.3 Å². The van der Waals surface area contributed by atoms with Crippen LogP contribution in [0.15, 0.2) is 60.7 Å². The van der Waals surface area contributed by atoms with Crippen LogP contribution in [-0.4, -0.2) is 82.0 Å². The Morgan fingerprint density at radius 3 is 2.37 bits per heavy atom. The normalized spacial score (nSPS) is 19.2. The lowest BCUT2D eigenvalue weighted by atomic mass is 9.84. The number of piperidine rings is 1. The molecule has 49 heavy (non-hydrogen) atoms. The quantitative estimate of drug-likeness (QED) is 0.270. The molecule has 15 heteroatoms. The minimum Gasteiger partial charge on any atom is -0.453 e. The van der Waals surface area contributed by atoms with Gasteiger partial charge in [0.2, 0.25) is 15.9 Å². The Balaban J connectivity index is 1.38. The van der Waals surface area contributed by atoms with E-state index in [0.29, 0.717) is 62.1 Å². The first kappa shape index (κ1) is 36.6. The Morgan fingerprint density at radius 2 is 1.73 bits per heavy atom. The number of amides is 2. The second-order valence-electron chi connectivity index (χ2n) is 12.4. The SMILES string of the molecule is COC(=O)N[C@H](C(=O)Nc1cccc(F)c1CC[C@@H]1CNCC2(CCN(S(C)(=O)=O)CC2)O1)[C@@H](c1ccc(Cl)cc1)c1cc(F)cc(F)c1. The highest BCUT2D eigenvalue weighted by molar-refractivity contribution is 7.88. The average molecular weight is 723 g/mol. The van der Waals surface area contributed by atoms with Gasteiger partial charge in [-0.1, -0.05) is 29.8 Å². The van der Waals surface area contributed by atoms with E-state index < -0.39 is 57.0 Å². The van der Waals surface area contributed by atoms with Gasteiger partial charge < -0.3 is 25.4 Å². The molecule has 0 bridgehead atoms. The highest BCUT2D eigenvalue weighted by atomic mass is 35.5. The lowest BCUT2D eigenvalue weighted by Crippen LogP contribution is -2.58. The molecule has 2 saturated heterocycles. The second kappa shape index (κ2) is 15.5. The molecule has 10 nitrogen and oxygen atoms in total. The average Bonchev–Trinajstić information content (AvgIpc) is 3.04. The van der Waals surface area contributed by atoms with Gasteiger partial charge in [-0.2, -0.15) is 0 Å². The number of rotatable bonds is 10. The van der Waals surface area contributed by atoms with Crippen molar-refractivity contribution in [2.75, 3.05) is 44.9 Å². The molecule has 0 aromatic heterocycles. The van der Waals surface area contributed by atoms with Crippen molar-refractivity contribution in [3.05, 3.63) is 99.8 Å². The molecule has 5 rings (SSSR count). The largest absolute Gasteiger partial charge is 0.453 e. The predicted octanol–water partition coefficient (Wildman–Crippen LogP) is 4.97. The maximum atomic E-state index is 15.4. The van der Waals surface area contributed by atoms with Crippen molar-refractivity contribution in [3.63, 3.8) is 0 Å². The van der Waals surface area contributed by atoms with Gasteiger partial charge in [0.25, 0.3) is 0 Å². The third kappa shape index (κ3) is 9.11. The first-order chi connectivity index (χ1) is 23.3. The van der Waals surface area contributed by atoms with Crippen LogP contribution in [0.4, 0.5) is 23.7 Å². The zero-order valence-corrected chi connectivity index (χ0v) is 28.6. The third-order valence-electron chi connectivity index (χ3n) is 8.98. The minimum atomic E-state index is -3.31. The van der Waals surface area contributed by atoms with Crippen molar-refractivity contribution in [2.45, 2.75) is 49.3 Å². The van der Waals surface area contributed by atoms with Gasteiger partial charge in [-0.25, -0.2) is 30.7 Å². The van der Waals surface area contributed by atoms with Crippen LogP contribution >= 0.6 is 11.6 Å². The van der Waals surface area contributed by atoms with Gasteiger partial charge in [0.05, 0.1) is 25.1 Å². The second-order valence-corrected chi connectivity index (χ2v) is 14.8. The summed E-state index contributed by atoms with van der Waals surface area (Å²) in [6.07, 6.45) is 1.48. The fourth-order valence-electron chi connectivity index (χ4n) is 6.51. The Kier molecular flexibility index (Phi) is 11.5. The predicted molar refractivity (Wildman–Crippen MR) is 178 cm³/mol. The summed E-state index contributed by atoms with van der Waals surface area (Å²) >= 11 is 6.09.